The predicted molar refractivity (Wildman–Crippen MR) is 93.0 cm³/mol. The van der Waals surface area contributed by atoms with Crippen LogP contribution in [0.15, 0.2) is 42.5 Å². The first kappa shape index (κ1) is 20.3. The third kappa shape index (κ3) is 4.87. The minimum Gasteiger partial charge on any atom is -0.337 e. The number of nitriles is 1. The molecule has 0 saturated heterocycles. The molecule has 0 atom stereocenters. The quantitative estimate of drug-likeness (QED) is 0.629. The fourth-order valence-electron chi connectivity index (χ4n) is 2.77. The van der Waals surface area contributed by atoms with E-state index in [1.54, 1.807) is 0 Å². The fraction of sp³-hybridized carbons (Fsp3) is 0.211. The van der Waals surface area contributed by atoms with Gasteiger partial charge in [0.2, 0.25) is 0 Å². The van der Waals surface area contributed by atoms with E-state index in [1.807, 2.05) is 6.07 Å². The lowest BCUT2D eigenvalue weighted by Crippen LogP contribution is -2.38. The molecule has 1 amide bonds. The molecule has 5 nitrogen and oxygen atoms in total. The highest BCUT2D eigenvalue weighted by molar-refractivity contribution is 5.97. The Labute approximate surface area is 161 Å². The number of halogens is 5. The van der Waals surface area contributed by atoms with Gasteiger partial charge in [0.15, 0.2) is 5.82 Å². The van der Waals surface area contributed by atoms with Crippen LogP contribution in [0.4, 0.5) is 22.0 Å². The van der Waals surface area contributed by atoms with Crippen LogP contribution in [0.1, 0.15) is 33.7 Å². The summed E-state index contributed by atoms with van der Waals surface area (Å²) >= 11 is 0. The average Bonchev–Trinajstić information content (AvgIpc) is 3.10. The van der Waals surface area contributed by atoms with Crippen LogP contribution < -0.4 is 0 Å². The molecule has 0 bridgehead atoms. The molecule has 1 aromatic heterocycles. The molecule has 0 saturated carbocycles. The number of aromatic amines is 1. The maximum Gasteiger partial charge on any atom is 0.406 e. The molecule has 29 heavy (non-hydrogen) atoms. The lowest BCUT2D eigenvalue weighted by molar-refractivity contribution is -0.141. The van der Waals surface area contributed by atoms with Crippen LogP contribution in [0, 0.1) is 11.3 Å². The molecular formula is C19H13F5N4O. The second-order valence-electron chi connectivity index (χ2n) is 6.24. The van der Waals surface area contributed by atoms with Gasteiger partial charge in [-0.25, -0.2) is 13.8 Å². The largest absolute Gasteiger partial charge is 0.406 e. The number of rotatable bonds is 5. The lowest BCUT2D eigenvalue weighted by Gasteiger charge is -2.24. The second-order valence-corrected chi connectivity index (χ2v) is 6.24. The van der Waals surface area contributed by atoms with Crippen molar-refractivity contribution < 1.29 is 26.7 Å². The molecule has 0 aliphatic heterocycles. The molecule has 0 radical (unpaired) electrons. The van der Waals surface area contributed by atoms with E-state index in [-0.39, 0.29) is 23.1 Å². The Hall–Kier alpha value is -3.48. The van der Waals surface area contributed by atoms with Gasteiger partial charge in [-0.05, 0) is 35.9 Å². The fourth-order valence-corrected chi connectivity index (χ4v) is 2.77. The number of amides is 1. The molecule has 150 valence electrons. The van der Waals surface area contributed by atoms with Crippen LogP contribution in [0.3, 0.4) is 0 Å². The highest BCUT2D eigenvalue weighted by Gasteiger charge is 2.33. The van der Waals surface area contributed by atoms with Crippen LogP contribution in [0.5, 0.6) is 0 Å². The second kappa shape index (κ2) is 7.87. The summed E-state index contributed by atoms with van der Waals surface area (Å²) in [6.07, 6.45) is -7.48. The zero-order valence-corrected chi connectivity index (χ0v) is 14.7. The Kier molecular flexibility index (Phi) is 5.50. The zero-order valence-electron chi connectivity index (χ0n) is 14.7. The smallest absolute Gasteiger partial charge is 0.337 e. The summed E-state index contributed by atoms with van der Waals surface area (Å²) in [6, 6.07) is 11.4. The molecule has 0 aliphatic carbocycles. The Morgan fingerprint density at radius 3 is 2.45 bits per heavy atom. The van der Waals surface area contributed by atoms with E-state index in [1.165, 1.54) is 42.5 Å². The van der Waals surface area contributed by atoms with Crippen molar-refractivity contribution in [2.45, 2.75) is 19.1 Å². The number of aromatic nitrogens is 2. The van der Waals surface area contributed by atoms with Crippen LogP contribution >= 0.6 is 0 Å². The van der Waals surface area contributed by atoms with Crippen molar-refractivity contribution in [2.24, 2.45) is 0 Å². The third-order valence-corrected chi connectivity index (χ3v) is 4.07. The highest BCUT2D eigenvalue weighted by atomic mass is 19.4. The SMILES string of the molecule is N#Cc1ccc(CN(CC(F)(F)F)C(=O)c2ccc3nc(C(F)F)[nH]c3c2)cc1. The maximum absolute atomic E-state index is 13.0. The normalized spacial score (nSPS) is 11.6. The summed E-state index contributed by atoms with van der Waals surface area (Å²) in [5, 5.41) is 8.80. The van der Waals surface area contributed by atoms with Gasteiger partial charge in [-0.3, -0.25) is 4.79 Å². The predicted octanol–water partition coefficient (Wildman–Crippen LogP) is 4.58. The molecule has 10 heteroatoms. The molecular weight excluding hydrogens is 395 g/mol. The topological polar surface area (TPSA) is 72.8 Å². The van der Waals surface area contributed by atoms with Crippen molar-refractivity contribution in [3.05, 3.63) is 65.0 Å². The number of carbonyl (C=O) groups is 1. The van der Waals surface area contributed by atoms with Gasteiger partial charge in [-0.15, -0.1) is 0 Å². The summed E-state index contributed by atoms with van der Waals surface area (Å²) in [7, 11) is 0. The molecule has 3 aromatic rings. The van der Waals surface area contributed by atoms with Gasteiger partial charge < -0.3 is 9.88 Å². The first-order valence-corrected chi connectivity index (χ1v) is 8.29. The lowest BCUT2D eigenvalue weighted by atomic mass is 10.1. The van der Waals surface area contributed by atoms with E-state index in [2.05, 4.69) is 9.97 Å². The molecule has 1 N–H and O–H groups in total. The van der Waals surface area contributed by atoms with Crippen molar-refractivity contribution in [3.8, 4) is 6.07 Å². The van der Waals surface area contributed by atoms with E-state index >= 15 is 0 Å². The van der Waals surface area contributed by atoms with Crippen LogP contribution in [-0.2, 0) is 6.54 Å². The number of nitrogens with zero attached hydrogens (tertiary/aromatic N) is 3. The summed E-state index contributed by atoms with van der Waals surface area (Å²) in [4.78, 5) is 19.3. The maximum atomic E-state index is 13.0. The minimum atomic E-state index is -4.64. The number of fused-ring (bicyclic) bond motifs is 1. The summed E-state index contributed by atoms with van der Waals surface area (Å²) < 4.78 is 64.6. The van der Waals surface area contributed by atoms with Gasteiger partial charge in [0, 0.05) is 12.1 Å². The number of nitrogens with one attached hydrogen (secondary N) is 1. The van der Waals surface area contributed by atoms with E-state index in [0.717, 1.165) is 0 Å². The first-order valence-electron chi connectivity index (χ1n) is 8.29. The zero-order chi connectivity index (χ0) is 21.2. The van der Waals surface area contributed by atoms with E-state index in [9.17, 15) is 26.7 Å². The van der Waals surface area contributed by atoms with Gasteiger partial charge in [0.25, 0.3) is 12.3 Å². The number of alkyl halides is 5. The van der Waals surface area contributed by atoms with Crippen molar-refractivity contribution in [2.75, 3.05) is 6.54 Å². The molecule has 3 rings (SSSR count). The van der Waals surface area contributed by atoms with Crippen LogP contribution in [0.2, 0.25) is 0 Å². The van der Waals surface area contributed by atoms with E-state index in [0.29, 0.717) is 16.0 Å². The van der Waals surface area contributed by atoms with Crippen molar-refractivity contribution in [3.63, 3.8) is 0 Å². The molecule has 0 aliphatic rings. The number of imidazole rings is 1. The number of H-pyrrole nitrogens is 1. The van der Waals surface area contributed by atoms with Gasteiger partial charge in [-0.2, -0.15) is 18.4 Å². The Morgan fingerprint density at radius 1 is 1.17 bits per heavy atom. The minimum absolute atomic E-state index is 0.0974. The first-order chi connectivity index (χ1) is 13.7. The van der Waals surface area contributed by atoms with Crippen molar-refractivity contribution in [1.82, 2.24) is 14.9 Å². The average molecular weight is 408 g/mol. The van der Waals surface area contributed by atoms with Gasteiger partial charge in [-0.1, -0.05) is 12.1 Å². The van der Waals surface area contributed by atoms with Crippen LogP contribution in [0.25, 0.3) is 11.0 Å². The van der Waals surface area contributed by atoms with Gasteiger partial charge >= 0.3 is 6.18 Å². The summed E-state index contributed by atoms with van der Waals surface area (Å²) in [6.45, 7) is -1.83. The van der Waals surface area contributed by atoms with Gasteiger partial charge in [0.05, 0.1) is 22.7 Å². The van der Waals surface area contributed by atoms with Crippen LogP contribution in [-0.4, -0.2) is 33.5 Å². The molecule has 0 fully saturated rings. The van der Waals surface area contributed by atoms with Gasteiger partial charge in [0.1, 0.15) is 6.54 Å². The number of carbonyl (C=O) groups excluding carboxylic acids is 1. The molecule has 2 aromatic carbocycles. The molecule has 1 heterocycles. The Bertz CT molecular complexity index is 1070. The molecule has 0 unspecified atom stereocenters. The van der Waals surface area contributed by atoms with E-state index in [4.69, 9.17) is 5.26 Å². The monoisotopic (exact) mass is 408 g/mol. The van der Waals surface area contributed by atoms with Crippen molar-refractivity contribution >= 4 is 16.9 Å². The number of hydrogen-bond acceptors (Lipinski definition) is 3. The standard InChI is InChI=1S/C19H13F5N4O/c20-16(21)17-26-14-6-5-13(7-15(14)27-17)18(29)28(10-19(22,23)24)9-12-3-1-11(8-25)2-4-12/h1-7,16H,9-10H2,(H,26,27). The van der Waals surface area contributed by atoms with E-state index < -0.39 is 30.9 Å². The number of hydrogen-bond donors (Lipinski definition) is 1. The van der Waals surface area contributed by atoms with Crippen molar-refractivity contribution in [1.29, 1.82) is 5.26 Å². The Balaban J connectivity index is 1.90. The third-order valence-electron chi connectivity index (χ3n) is 4.07. The highest BCUT2D eigenvalue weighted by Crippen LogP contribution is 2.23. The Morgan fingerprint density at radius 2 is 1.86 bits per heavy atom. The number of benzene rings is 2. The molecule has 0 spiro atoms. The summed E-state index contributed by atoms with van der Waals surface area (Å²) in [5.41, 5.74) is 0.939. The summed E-state index contributed by atoms with van der Waals surface area (Å²) in [5.74, 6) is -1.50.